The fourth-order valence-corrected chi connectivity index (χ4v) is 13.5. The Labute approximate surface area is 514 Å². The van der Waals surface area contributed by atoms with Gasteiger partial charge in [0, 0.05) is 71.3 Å². The van der Waals surface area contributed by atoms with Crippen molar-refractivity contribution in [2.24, 2.45) is 0 Å². The van der Waals surface area contributed by atoms with Gasteiger partial charge in [-0.25, -0.2) is 9.97 Å². The van der Waals surface area contributed by atoms with Crippen molar-refractivity contribution in [1.82, 2.24) is 28.2 Å². The zero-order chi connectivity index (χ0) is 60.1. The zero-order valence-electron chi connectivity index (χ0n) is 47.9. The van der Waals surface area contributed by atoms with E-state index in [0.717, 1.165) is 138 Å². The van der Waals surface area contributed by atoms with Crippen LogP contribution in [0.25, 0.3) is 155 Å². The number of hydrogen-bond donors (Lipinski definition) is 0. The number of nitriles is 4. The lowest BCUT2D eigenvalue weighted by Gasteiger charge is -2.14. The summed E-state index contributed by atoms with van der Waals surface area (Å²) in [6.07, 6.45) is 0. The molecule has 0 amide bonds. The second kappa shape index (κ2) is 20.3. The Balaban J connectivity index is 0.797. The molecule has 0 fully saturated rings. The van der Waals surface area contributed by atoms with Crippen molar-refractivity contribution in [2.45, 2.75) is 0 Å². The van der Waals surface area contributed by atoms with Gasteiger partial charge < -0.3 is 13.7 Å². The molecule has 0 saturated carbocycles. The molecule has 17 aromatic rings. The van der Waals surface area contributed by atoms with Crippen molar-refractivity contribution in [2.75, 3.05) is 0 Å². The van der Waals surface area contributed by atoms with Crippen LogP contribution in [-0.2, 0) is 0 Å². The Morgan fingerprint density at radius 1 is 0.222 bits per heavy atom. The maximum Gasteiger partial charge on any atom is 0.235 e. The minimum absolute atomic E-state index is 0.452. The molecule has 0 saturated heterocycles. The molecule has 0 unspecified atom stereocenters. The fraction of sp³-hybridized carbons (Fsp3) is 0. The molecule has 17 rings (SSSR count). The van der Waals surface area contributed by atoms with Gasteiger partial charge >= 0.3 is 0 Å². The molecule has 0 aliphatic heterocycles. The Bertz CT molecular complexity index is 6070. The van der Waals surface area contributed by atoms with E-state index < -0.39 is 0 Å². The molecule has 12 aromatic carbocycles. The summed E-state index contributed by atoms with van der Waals surface area (Å²) >= 11 is 0. The summed E-state index contributed by atoms with van der Waals surface area (Å²) in [6.45, 7) is 0. The summed E-state index contributed by atoms with van der Waals surface area (Å²) in [5.41, 5.74) is 20.3. The van der Waals surface area contributed by atoms with Gasteiger partial charge in [0.15, 0.2) is 0 Å². The molecule has 414 valence electrons. The van der Waals surface area contributed by atoms with Crippen LogP contribution in [0.5, 0.6) is 0 Å². The molecule has 0 atom stereocenters. The highest BCUT2D eigenvalue weighted by Crippen LogP contribution is 2.42. The van der Waals surface area contributed by atoms with Crippen LogP contribution in [0.3, 0.4) is 0 Å². The third kappa shape index (κ3) is 8.08. The first-order valence-electron chi connectivity index (χ1n) is 29.5. The van der Waals surface area contributed by atoms with Crippen LogP contribution in [0.15, 0.2) is 267 Å². The Kier molecular flexibility index (Phi) is 11.6. The Morgan fingerprint density at radius 2 is 0.533 bits per heavy atom. The lowest BCUT2D eigenvalue weighted by molar-refractivity contribution is 0.995. The van der Waals surface area contributed by atoms with Crippen LogP contribution >= 0.6 is 0 Å². The second-order valence-electron chi connectivity index (χ2n) is 22.7. The average molecular weight is 1150 g/mol. The van der Waals surface area contributed by atoms with Crippen LogP contribution in [-0.4, -0.2) is 28.2 Å². The highest BCUT2D eigenvalue weighted by molar-refractivity contribution is 6.15. The third-order valence-electron chi connectivity index (χ3n) is 17.7. The third-order valence-corrected chi connectivity index (χ3v) is 17.7. The van der Waals surface area contributed by atoms with Gasteiger partial charge in [-0.05, 0) is 180 Å². The van der Waals surface area contributed by atoms with E-state index >= 15 is 0 Å². The van der Waals surface area contributed by atoms with E-state index in [1.807, 2.05) is 84.9 Å². The maximum absolute atomic E-state index is 10.9. The van der Waals surface area contributed by atoms with Crippen LogP contribution in [0, 0.1) is 45.3 Å². The van der Waals surface area contributed by atoms with E-state index in [2.05, 4.69) is 212 Å². The summed E-state index contributed by atoms with van der Waals surface area (Å²) in [7, 11) is 0. The lowest BCUT2D eigenvalue weighted by Crippen LogP contribution is -2.04. The number of aromatic nitrogens is 6. The van der Waals surface area contributed by atoms with Crippen LogP contribution in [0.1, 0.15) is 22.3 Å². The first kappa shape index (κ1) is 51.3. The molecule has 0 radical (unpaired) electrons. The van der Waals surface area contributed by atoms with Crippen molar-refractivity contribution in [3.63, 3.8) is 0 Å². The van der Waals surface area contributed by atoms with Gasteiger partial charge in [-0.15, -0.1) is 0 Å². The quantitative estimate of drug-likeness (QED) is 0.148. The molecule has 0 aliphatic rings. The van der Waals surface area contributed by atoms with Crippen LogP contribution in [0.4, 0.5) is 0 Å². The first-order valence-corrected chi connectivity index (χ1v) is 29.5. The topological polar surface area (TPSA) is 141 Å². The second-order valence-corrected chi connectivity index (χ2v) is 22.7. The fourth-order valence-electron chi connectivity index (χ4n) is 13.5. The smallest absolute Gasteiger partial charge is 0.235 e. The number of hydrogen-bond acceptors (Lipinski definition) is 6. The number of benzene rings is 12. The number of fused-ring (bicyclic) bond motifs is 12. The summed E-state index contributed by atoms with van der Waals surface area (Å²) in [6, 6.07) is 100. The van der Waals surface area contributed by atoms with Gasteiger partial charge in [-0.2, -0.15) is 21.0 Å². The van der Waals surface area contributed by atoms with E-state index in [1.54, 1.807) is 12.1 Å². The normalized spacial score (nSPS) is 11.5. The highest BCUT2D eigenvalue weighted by atomic mass is 15.2. The van der Waals surface area contributed by atoms with E-state index in [9.17, 15) is 21.0 Å². The molecule has 90 heavy (non-hydrogen) atoms. The molecule has 0 aliphatic carbocycles. The molecule has 5 heterocycles. The summed E-state index contributed by atoms with van der Waals surface area (Å²) in [5, 5.41) is 48.6. The molecule has 0 bridgehead atoms. The summed E-state index contributed by atoms with van der Waals surface area (Å²) in [5.74, 6) is 0.452. The number of nitrogens with zero attached hydrogens (tertiary/aromatic N) is 10. The predicted octanol–water partition coefficient (Wildman–Crippen LogP) is 19.0. The van der Waals surface area contributed by atoms with Crippen molar-refractivity contribution < 1.29 is 0 Å². The van der Waals surface area contributed by atoms with E-state index in [4.69, 9.17) is 9.97 Å². The van der Waals surface area contributed by atoms with Gasteiger partial charge in [-0.1, -0.05) is 109 Å². The van der Waals surface area contributed by atoms with Crippen molar-refractivity contribution >= 4 is 87.2 Å². The lowest BCUT2D eigenvalue weighted by atomic mass is 10.0. The minimum Gasteiger partial charge on any atom is -0.309 e. The predicted molar refractivity (Wildman–Crippen MR) is 360 cm³/mol. The van der Waals surface area contributed by atoms with E-state index in [-0.39, 0.29) is 0 Å². The van der Waals surface area contributed by atoms with Gasteiger partial charge in [-0.3, -0.25) is 4.57 Å². The average Bonchev–Trinajstić information content (AvgIpc) is 1.64. The van der Waals surface area contributed by atoms with E-state index in [1.165, 1.54) is 0 Å². The standard InChI is InChI=1S/C80H44N10/c81-45-49-17-23-53(24-18-49)70-44-71(86-80(85-70)90-75-16-8-4-12-65(75)69-43-57(28-36-79(69)90)55-26-34-77-67(41-55)63-10-2-6-14-73(63)88(77)60-31-21-51(47-83)22-32-60)58-37-52(48-84)38-61(39-58)89-74-15-7-3-11-64(74)68-42-56(27-35-78(68)89)54-25-33-76-66(40-54)62-9-1-5-13-72(62)87(76)59-29-19-50(46-82)20-30-59/h1-44H. The minimum atomic E-state index is 0.452. The van der Waals surface area contributed by atoms with Crippen molar-refractivity contribution in [3.05, 3.63) is 289 Å². The van der Waals surface area contributed by atoms with Gasteiger partial charge in [0.25, 0.3) is 0 Å². The number of rotatable bonds is 8. The zero-order valence-corrected chi connectivity index (χ0v) is 47.9. The van der Waals surface area contributed by atoms with Crippen molar-refractivity contribution in [3.8, 4) is 92.1 Å². The van der Waals surface area contributed by atoms with Crippen molar-refractivity contribution in [1.29, 1.82) is 21.0 Å². The van der Waals surface area contributed by atoms with Crippen LogP contribution < -0.4 is 0 Å². The summed E-state index contributed by atoms with van der Waals surface area (Å²) in [4.78, 5) is 10.8. The first-order chi connectivity index (χ1) is 44.4. The van der Waals surface area contributed by atoms with Gasteiger partial charge in [0.1, 0.15) is 0 Å². The van der Waals surface area contributed by atoms with Crippen LogP contribution in [0.2, 0.25) is 0 Å². The maximum atomic E-state index is 10.9. The van der Waals surface area contributed by atoms with Gasteiger partial charge in [0.05, 0.1) is 102 Å². The molecule has 5 aromatic heterocycles. The molecule has 10 heteroatoms. The largest absolute Gasteiger partial charge is 0.309 e. The summed E-state index contributed by atoms with van der Waals surface area (Å²) < 4.78 is 8.89. The van der Waals surface area contributed by atoms with Gasteiger partial charge in [0.2, 0.25) is 5.95 Å². The SMILES string of the molecule is N#Cc1ccc(-c2cc(-c3cc(C#N)cc(-n4c5ccccc5c5cc(-c6ccc7c(c6)c6ccccc6n7-c6ccc(C#N)cc6)ccc54)c3)nc(-n3c4ccccc4c4cc(-c5ccc6c(c5)c5ccccc5n6-c5ccc(C#N)cc5)ccc43)n2)cc1. The Morgan fingerprint density at radius 3 is 0.922 bits per heavy atom. The van der Waals surface area contributed by atoms with E-state index in [0.29, 0.717) is 39.6 Å². The molecular weight excluding hydrogens is 1100 g/mol. The number of para-hydroxylation sites is 4. The molecule has 0 spiro atoms. The molecule has 0 N–H and O–H groups in total. The molecular formula is C80H44N10. The monoisotopic (exact) mass is 1140 g/mol. The molecule has 10 nitrogen and oxygen atoms in total. The highest BCUT2D eigenvalue weighted by Gasteiger charge is 2.22. The Hall–Kier alpha value is -13.1.